The molecule has 0 aliphatic heterocycles. The van der Waals surface area contributed by atoms with Gasteiger partial charge < -0.3 is 21.3 Å². The number of aromatic nitrogens is 3. The van der Waals surface area contributed by atoms with E-state index in [4.69, 9.17) is 10.8 Å². The number of carbonyl (C=O) groups is 1. The summed E-state index contributed by atoms with van der Waals surface area (Å²) < 4.78 is 0. The van der Waals surface area contributed by atoms with E-state index in [0.717, 1.165) is 5.82 Å². The lowest BCUT2D eigenvalue weighted by Crippen LogP contribution is -2.22. The second kappa shape index (κ2) is 9.18. The van der Waals surface area contributed by atoms with E-state index in [9.17, 15) is 9.90 Å². The minimum Gasteiger partial charge on any atom is -0.507 e. The van der Waals surface area contributed by atoms with Crippen molar-refractivity contribution < 1.29 is 15.0 Å². The van der Waals surface area contributed by atoms with Crippen molar-refractivity contribution in [2.24, 2.45) is 0 Å². The van der Waals surface area contributed by atoms with Crippen LogP contribution in [0.25, 0.3) is 10.9 Å². The van der Waals surface area contributed by atoms with E-state index in [1.54, 1.807) is 37.6 Å². The Morgan fingerprint density at radius 2 is 1.97 bits per heavy atom. The van der Waals surface area contributed by atoms with Crippen molar-refractivity contribution in [3.63, 3.8) is 0 Å². The second-order valence-electron chi connectivity index (χ2n) is 7.03. The molecule has 0 spiro atoms. The fraction of sp³-hybridized carbons (Fsp3) is 0.333. The minimum absolute atomic E-state index is 0.0492. The number of aryl methyl sites for hydroxylation is 1. The van der Waals surface area contributed by atoms with E-state index < -0.39 is 5.97 Å². The number of rotatable bonds is 3. The summed E-state index contributed by atoms with van der Waals surface area (Å²) in [6.45, 7) is 1.57. The van der Waals surface area contributed by atoms with Crippen LogP contribution >= 0.6 is 0 Å². The number of phenolic OH excluding ortho intramolecular Hbond substituents is 1. The highest BCUT2D eigenvalue weighted by molar-refractivity contribution is 6.06. The van der Waals surface area contributed by atoms with Gasteiger partial charge in [-0.2, -0.15) is 0 Å². The molecule has 1 aromatic carbocycles. The Kier molecular flexibility index (Phi) is 6.43. The zero-order valence-corrected chi connectivity index (χ0v) is 16.3. The predicted octanol–water partition coefficient (Wildman–Crippen LogP) is 3.75. The van der Waals surface area contributed by atoms with Crippen LogP contribution in [0, 0.1) is 6.92 Å². The third-order valence-corrected chi connectivity index (χ3v) is 4.94. The molecule has 2 aromatic heterocycles. The van der Waals surface area contributed by atoms with Crippen LogP contribution in [0.1, 0.15) is 48.2 Å². The number of nitrogens with two attached hydrogens (primary N) is 1. The van der Waals surface area contributed by atoms with Crippen LogP contribution in [0.3, 0.4) is 0 Å². The van der Waals surface area contributed by atoms with Gasteiger partial charge in [0, 0.05) is 18.4 Å². The number of hydrogen-bond donors (Lipinski definition) is 4. The van der Waals surface area contributed by atoms with Crippen LogP contribution in [0.5, 0.6) is 5.75 Å². The van der Waals surface area contributed by atoms with Crippen molar-refractivity contribution in [2.75, 3.05) is 11.1 Å². The van der Waals surface area contributed by atoms with Crippen LogP contribution in [0.2, 0.25) is 0 Å². The van der Waals surface area contributed by atoms with E-state index >= 15 is 0 Å². The number of carboxylic acid groups (broad SMARTS) is 1. The smallest absolute Gasteiger partial charge is 0.339 e. The number of benzene rings is 1. The summed E-state index contributed by atoms with van der Waals surface area (Å²) >= 11 is 0. The summed E-state index contributed by atoms with van der Waals surface area (Å²) in [4.78, 5) is 23.3. The zero-order chi connectivity index (χ0) is 20.8. The molecule has 1 aliphatic carbocycles. The Bertz CT molecular complexity index is 989. The third-order valence-electron chi connectivity index (χ3n) is 4.94. The Hall–Kier alpha value is -3.42. The highest BCUT2D eigenvalue weighted by Gasteiger charge is 2.17. The maximum atomic E-state index is 11.0. The van der Waals surface area contributed by atoms with Crippen molar-refractivity contribution >= 4 is 28.4 Å². The maximum absolute atomic E-state index is 11.0. The number of nitrogens with zero attached hydrogens (tertiary/aromatic N) is 3. The fourth-order valence-electron chi connectivity index (χ4n) is 3.55. The third kappa shape index (κ3) is 4.90. The molecule has 1 aliphatic rings. The van der Waals surface area contributed by atoms with E-state index in [-0.39, 0.29) is 22.4 Å². The van der Waals surface area contributed by atoms with Crippen LogP contribution in [-0.2, 0) is 0 Å². The molecule has 4 rings (SSSR count). The molecule has 8 nitrogen and oxygen atoms in total. The van der Waals surface area contributed by atoms with Crippen molar-refractivity contribution in [2.45, 2.75) is 45.1 Å². The van der Waals surface area contributed by atoms with Crippen LogP contribution in [0.15, 0.2) is 36.8 Å². The molecule has 1 saturated carbocycles. The Morgan fingerprint density at radius 3 is 2.62 bits per heavy atom. The topological polar surface area (TPSA) is 134 Å². The lowest BCUT2D eigenvalue weighted by atomic mass is 9.96. The van der Waals surface area contributed by atoms with Gasteiger partial charge in [0.1, 0.15) is 17.1 Å². The average molecular weight is 395 g/mol. The van der Waals surface area contributed by atoms with Gasteiger partial charge in [-0.05, 0) is 31.9 Å². The van der Waals surface area contributed by atoms with Crippen LogP contribution < -0.4 is 11.1 Å². The van der Waals surface area contributed by atoms with Crippen molar-refractivity contribution in [3.8, 4) is 5.75 Å². The highest BCUT2D eigenvalue weighted by atomic mass is 16.4. The number of aromatic hydroxyl groups is 1. The van der Waals surface area contributed by atoms with Gasteiger partial charge in [0.05, 0.1) is 28.5 Å². The van der Waals surface area contributed by atoms with Crippen LogP contribution in [-0.4, -0.2) is 37.2 Å². The molecule has 0 saturated heterocycles. The number of pyridine rings is 1. The quantitative estimate of drug-likeness (QED) is 0.527. The van der Waals surface area contributed by atoms with Gasteiger partial charge in [-0.15, -0.1) is 0 Å². The summed E-state index contributed by atoms with van der Waals surface area (Å²) in [6.07, 6.45) is 11.8. The van der Waals surface area contributed by atoms with E-state index in [1.165, 1.54) is 38.2 Å². The summed E-state index contributed by atoms with van der Waals surface area (Å²) in [7, 11) is 0. The van der Waals surface area contributed by atoms with Gasteiger partial charge in [0.25, 0.3) is 0 Å². The molecule has 1 fully saturated rings. The molecule has 29 heavy (non-hydrogen) atoms. The molecule has 3 aromatic rings. The number of nitrogen functional groups attached to an aromatic ring is 1. The lowest BCUT2D eigenvalue weighted by molar-refractivity contribution is 0.0697. The summed E-state index contributed by atoms with van der Waals surface area (Å²) in [5.41, 5.74) is 6.55. The first-order chi connectivity index (χ1) is 14.0. The van der Waals surface area contributed by atoms with Crippen LogP contribution in [0.4, 0.5) is 11.5 Å². The van der Waals surface area contributed by atoms with Gasteiger partial charge in [0.15, 0.2) is 0 Å². The zero-order valence-electron chi connectivity index (χ0n) is 16.3. The van der Waals surface area contributed by atoms with Gasteiger partial charge >= 0.3 is 5.97 Å². The monoisotopic (exact) mass is 395 g/mol. The SMILES string of the molecule is Cc1nc2cccc(O)c2c(N)c1C(=O)O.c1cnc(NC2CCCCC2)cn1. The predicted molar refractivity (Wildman–Crippen MR) is 112 cm³/mol. The van der Waals surface area contributed by atoms with Gasteiger partial charge in [0.2, 0.25) is 0 Å². The first-order valence-electron chi connectivity index (χ1n) is 9.61. The van der Waals surface area contributed by atoms with E-state index in [1.807, 2.05) is 0 Å². The molecule has 2 heterocycles. The summed E-state index contributed by atoms with van der Waals surface area (Å²) in [5.74, 6) is -0.299. The number of fused-ring (bicyclic) bond motifs is 1. The number of hydrogen-bond acceptors (Lipinski definition) is 7. The number of carboxylic acids is 1. The molecule has 152 valence electrons. The maximum Gasteiger partial charge on any atom is 0.339 e. The second-order valence-corrected chi connectivity index (χ2v) is 7.03. The molecule has 8 heteroatoms. The number of nitrogens with one attached hydrogen (secondary N) is 1. The summed E-state index contributed by atoms with van der Waals surface area (Å²) in [6, 6.07) is 5.36. The van der Waals surface area contributed by atoms with E-state index in [2.05, 4.69) is 20.3 Å². The summed E-state index contributed by atoms with van der Waals surface area (Å²) in [5, 5.41) is 22.3. The molecule has 0 atom stereocenters. The minimum atomic E-state index is -1.15. The standard InChI is InChI=1S/C11H10N2O3.C10H15N3/c1-5-8(11(15)16)10(12)9-6(13-5)3-2-4-7(9)14;1-2-4-9(5-3-1)13-10-8-11-6-7-12-10/h2-4,14H,1H3,(H2,12,13)(H,15,16);6-9H,1-5H2,(H,12,13). The first-order valence-corrected chi connectivity index (χ1v) is 9.61. The number of anilines is 2. The van der Waals surface area contributed by atoms with Gasteiger partial charge in [-0.25, -0.2) is 9.78 Å². The highest BCUT2D eigenvalue weighted by Crippen LogP contribution is 2.32. The largest absolute Gasteiger partial charge is 0.507 e. The normalized spacial score (nSPS) is 14.1. The molecule has 0 amide bonds. The molecular weight excluding hydrogens is 370 g/mol. The first kappa shape index (κ1) is 20.3. The Labute approximate surface area is 168 Å². The molecule has 0 bridgehead atoms. The Balaban J connectivity index is 0.000000169. The number of phenols is 1. The van der Waals surface area contributed by atoms with E-state index in [0.29, 0.717) is 17.3 Å². The lowest BCUT2D eigenvalue weighted by Gasteiger charge is -2.22. The molecule has 0 radical (unpaired) electrons. The fourth-order valence-corrected chi connectivity index (χ4v) is 3.55. The number of aromatic carboxylic acids is 1. The van der Waals surface area contributed by atoms with Gasteiger partial charge in [-0.3, -0.25) is 9.97 Å². The Morgan fingerprint density at radius 1 is 1.21 bits per heavy atom. The average Bonchev–Trinajstić information content (AvgIpc) is 2.69. The molecule has 5 N–H and O–H groups in total. The van der Waals surface area contributed by atoms with Crippen molar-refractivity contribution in [3.05, 3.63) is 48.0 Å². The van der Waals surface area contributed by atoms with Crippen molar-refractivity contribution in [1.82, 2.24) is 15.0 Å². The van der Waals surface area contributed by atoms with Gasteiger partial charge in [-0.1, -0.05) is 25.3 Å². The molecule has 0 unspecified atom stereocenters. The molecular formula is C21H25N5O3. The van der Waals surface area contributed by atoms with Crippen molar-refractivity contribution in [1.29, 1.82) is 0 Å².